The Morgan fingerprint density at radius 3 is 3.00 bits per heavy atom. The summed E-state index contributed by atoms with van der Waals surface area (Å²) in [4.78, 5) is 11.3. The average molecular weight is 249 g/mol. The fraction of sp³-hybridized carbons (Fsp3) is 0.583. The van der Waals surface area contributed by atoms with E-state index in [0.717, 1.165) is 19.5 Å². The van der Waals surface area contributed by atoms with Gasteiger partial charge in [0.1, 0.15) is 5.82 Å². The molecule has 0 radical (unpaired) electrons. The van der Waals surface area contributed by atoms with Crippen LogP contribution in [0.2, 0.25) is 0 Å². The largest absolute Gasteiger partial charge is 0.369 e. The molecule has 6 heteroatoms. The van der Waals surface area contributed by atoms with Crippen molar-refractivity contribution < 1.29 is 4.79 Å². The molecule has 1 fully saturated rings. The Morgan fingerprint density at radius 2 is 2.39 bits per heavy atom. The van der Waals surface area contributed by atoms with Crippen LogP contribution in [0, 0.1) is 0 Å². The van der Waals surface area contributed by atoms with Gasteiger partial charge in [-0.2, -0.15) is 0 Å². The lowest BCUT2D eigenvalue weighted by Gasteiger charge is -2.10. The number of carbonyl (C=O) groups excluding carboxylic acids is 1. The first kappa shape index (κ1) is 12.8. The van der Waals surface area contributed by atoms with Crippen molar-refractivity contribution in [2.75, 3.05) is 25.5 Å². The Bertz CT molecular complexity index is 386. The number of carbonyl (C=O) groups is 1. The highest BCUT2D eigenvalue weighted by atomic mass is 16.1. The third-order valence-electron chi connectivity index (χ3n) is 3.09. The summed E-state index contributed by atoms with van der Waals surface area (Å²) in [5.74, 6) is 0.491. The van der Waals surface area contributed by atoms with Crippen LogP contribution < -0.4 is 16.0 Å². The molecule has 1 aromatic rings. The molecule has 0 aromatic carbocycles. The standard InChI is InChI=1S/C12H19N5O/c1-13-12(18)10-4-5-11(17-16-10)15-8-6-9-3-2-7-14-9/h4-5,9,14H,2-3,6-8H2,1H3,(H,13,18)(H,15,17). The number of anilines is 1. The van der Waals surface area contributed by atoms with Crippen molar-refractivity contribution in [1.29, 1.82) is 0 Å². The number of aromatic nitrogens is 2. The van der Waals surface area contributed by atoms with Crippen LogP contribution >= 0.6 is 0 Å². The van der Waals surface area contributed by atoms with Crippen LogP contribution in [0.1, 0.15) is 29.8 Å². The normalized spacial score (nSPS) is 18.6. The zero-order valence-corrected chi connectivity index (χ0v) is 10.6. The highest BCUT2D eigenvalue weighted by molar-refractivity contribution is 5.91. The number of hydrogen-bond donors (Lipinski definition) is 3. The zero-order valence-electron chi connectivity index (χ0n) is 10.6. The van der Waals surface area contributed by atoms with Crippen LogP contribution in [-0.2, 0) is 0 Å². The second kappa shape index (κ2) is 6.30. The van der Waals surface area contributed by atoms with Crippen molar-refractivity contribution >= 4 is 11.7 Å². The van der Waals surface area contributed by atoms with Gasteiger partial charge < -0.3 is 16.0 Å². The predicted molar refractivity (Wildman–Crippen MR) is 69.6 cm³/mol. The van der Waals surface area contributed by atoms with E-state index in [1.54, 1.807) is 19.2 Å². The molecule has 3 N–H and O–H groups in total. The van der Waals surface area contributed by atoms with E-state index < -0.39 is 0 Å². The maximum absolute atomic E-state index is 11.3. The van der Waals surface area contributed by atoms with Crippen molar-refractivity contribution in [2.24, 2.45) is 0 Å². The monoisotopic (exact) mass is 249 g/mol. The smallest absolute Gasteiger partial charge is 0.271 e. The molecule has 6 nitrogen and oxygen atoms in total. The summed E-state index contributed by atoms with van der Waals surface area (Å²) in [6, 6.07) is 4.07. The molecule has 0 aliphatic carbocycles. The molecule has 0 saturated carbocycles. The number of nitrogens with zero attached hydrogens (tertiary/aromatic N) is 2. The van der Waals surface area contributed by atoms with E-state index in [1.165, 1.54) is 12.8 Å². The van der Waals surface area contributed by atoms with Gasteiger partial charge in [-0.1, -0.05) is 0 Å². The topological polar surface area (TPSA) is 78.9 Å². The second-order valence-electron chi connectivity index (χ2n) is 4.39. The lowest BCUT2D eigenvalue weighted by Crippen LogP contribution is -2.24. The molecule has 1 aliphatic heterocycles. The molecule has 1 saturated heterocycles. The third-order valence-corrected chi connectivity index (χ3v) is 3.09. The van der Waals surface area contributed by atoms with Gasteiger partial charge in [-0.25, -0.2) is 0 Å². The molecule has 1 amide bonds. The fourth-order valence-corrected chi connectivity index (χ4v) is 2.05. The molecule has 0 bridgehead atoms. The molecule has 2 heterocycles. The summed E-state index contributed by atoms with van der Waals surface area (Å²) in [5.41, 5.74) is 0.334. The van der Waals surface area contributed by atoms with Crippen LogP contribution in [0.4, 0.5) is 5.82 Å². The van der Waals surface area contributed by atoms with E-state index in [2.05, 4.69) is 26.1 Å². The minimum atomic E-state index is -0.218. The van der Waals surface area contributed by atoms with Gasteiger partial charge in [0.15, 0.2) is 5.69 Å². The van der Waals surface area contributed by atoms with Crippen LogP contribution in [0.3, 0.4) is 0 Å². The minimum absolute atomic E-state index is 0.218. The van der Waals surface area contributed by atoms with Gasteiger partial charge in [0.25, 0.3) is 5.91 Å². The Hall–Kier alpha value is -1.69. The van der Waals surface area contributed by atoms with E-state index in [-0.39, 0.29) is 5.91 Å². The number of nitrogens with one attached hydrogen (secondary N) is 3. The molecular weight excluding hydrogens is 230 g/mol. The van der Waals surface area contributed by atoms with E-state index >= 15 is 0 Å². The van der Waals surface area contributed by atoms with Crippen LogP contribution in [0.25, 0.3) is 0 Å². The lowest BCUT2D eigenvalue weighted by atomic mass is 10.1. The summed E-state index contributed by atoms with van der Waals surface area (Å²) in [7, 11) is 1.57. The number of rotatable bonds is 5. The summed E-state index contributed by atoms with van der Waals surface area (Å²) in [6.45, 7) is 2.00. The molecule has 2 rings (SSSR count). The summed E-state index contributed by atoms with van der Waals surface area (Å²) < 4.78 is 0. The Labute approximate surface area is 107 Å². The highest BCUT2D eigenvalue weighted by Crippen LogP contribution is 2.09. The minimum Gasteiger partial charge on any atom is -0.369 e. The first-order valence-electron chi connectivity index (χ1n) is 6.32. The fourth-order valence-electron chi connectivity index (χ4n) is 2.05. The van der Waals surface area contributed by atoms with Gasteiger partial charge in [0, 0.05) is 19.6 Å². The molecule has 1 aromatic heterocycles. The van der Waals surface area contributed by atoms with E-state index in [0.29, 0.717) is 17.6 Å². The Kier molecular flexibility index (Phi) is 4.46. The quantitative estimate of drug-likeness (QED) is 0.703. The number of amides is 1. The SMILES string of the molecule is CNC(=O)c1ccc(NCCC2CCCN2)nn1. The van der Waals surface area contributed by atoms with Crippen LogP contribution in [-0.4, -0.2) is 42.3 Å². The predicted octanol–water partition coefficient (Wildman–Crippen LogP) is 0.390. The highest BCUT2D eigenvalue weighted by Gasteiger charge is 2.13. The van der Waals surface area contributed by atoms with Crippen molar-refractivity contribution in [3.8, 4) is 0 Å². The van der Waals surface area contributed by atoms with Crippen molar-refractivity contribution in [1.82, 2.24) is 20.8 Å². The molecule has 1 atom stereocenters. The van der Waals surface area contributed by atoms with Gasteiger partial charge in [0.05, 0.1) is 0 Å². The zero-order chi connectivity index (χ0) is 12.8. The van der Waals surface area contributed by atoms with E-state index in [9.17, 15) is 4.79 Å². The van der Waals surface area contributed by atoms with Gasteiger partial charge >= 0.3 is 0 Å². The van der Waals surface area contributed by atoms with E-state index in [1.807, 2.05) is 0 Å². The Balaban J connectivity index is 1.77. The van der Waals surface area contributed by atoms with Gasteiger partial charge in [-0.15, -0.1) is 10.2 Å². The summed E-state index contributed by atoms with van der Waals surface area (Å²) in [5, 5.41) is 17.0. The first-order chi connectivity index (χ1) is 8.79. The van der Waals surface area contributed by atoms with Crippen molar-refractivity contribution in [3.05, 3.63) is 17.8 Å². The third kappa shape index (κ3) is 3.40. The summed E-state index contributed by atoms with van der Waals surface area (Å²) in [6.07, 6.45) is 3.60. The van der Waals surface area contributed by atoms with Crippen molar-refractivity contribution in [3.63, 3.8) is 0 Å². The average Bonchev–Trinajstić information content (AvgIpc) is 2.92. The molecule has 0 spiro atoms. The molecular formula is C12H19N5O. The van der Waals surface area contributed by atoms with Crippen LogP contribution in [0.5, 0.6) is 0 Å². The maximum atomic E-state index is 11.3. The van der Waals surface area contributed by atoms with Crippen molar-refractivity contribution in [2.45, 2.75) is 25.3 Å². The number of hydrogen-bond acceptors (Lipinski definition) is 5. The second-order valence-corrected chi connectivity index (χ2v) is 4.39. The maximum Gasteiger partial charge on any atom is 0.271 e. The molecule has 1 unspecified atom stereocenters. The van der Waals surface area contributed by atoms with Gasteiger partial charge in [-0.3, -0.25) is 4.79 Å². The van der Waals surface area contributed by atoms with Gasteiger partial charge in [0.2, 0.25) is 0 Å². The lowest BCUT2D eigenvalue weighted by molar-refractivity contribution is 0.0957. The van der Waals surface area contributed by atoms with Crippen LogP contribution in [0.15, 0.2) is 12.1 Å². The molecule has 18 heavy (non-hydrogen) atoms. The summed E-state index contributed by atoms with van der Waals surface area (Å²) >= 11 is 0. The molecule has 98 valence electrons. The molecule has 1 aliphatic rings. The Morgan fingerprint density at radius 1 is 1.50 bits per heavy atom. The van der Waals surface area contributed by atoms with E-state index in [4.69, 9.17) is 0 Å². The van der Waals surface area contributed by atoms with Gasteiger partial charge in [-0.05, 0) is 37.9 Å². The first-order valence-corrected chi connectivity index (χ1v) is 6.32.